The molecule has 2 N–H and O–H groups in total. The Labute approximate surface area is 164 Å². The van der Waals surface area contributed by atoms with E-state index in [0.29, 0.717) is 33.0 Å². The number of hydrogen-bond acceptors (Lipinski definition) is 5. The zero-order valence-electron chi connectivity index (χ0n) is 14.5. The van der Waals surface area contributed by atoms with E-state index in [1.807, 2.05) is 6.92 Å². The van der Waals surface area contributed by atoms with Crippen LogP contribution < -0.4 is 10.1 Å². The highest BCUT2D eigenvalue weighted by atomic mass is 35.5. The molecule has 9 heteroatoms. The van der Waals surface area contributed by atoms with Crippen LogP contribution in [0.5, 0.6) is 5.75 Å². The minimum absolute atomic E-state index is 0.0827. The third kappa shape index (κ3) is 4.58. The van der Waals surface area contributed by atoms with Crippen LogP contribution in [0, 0.1) is 12.7 Å². The molecule has 2 aromatic carbocycles. The van der Waals surface area contributed by atoms with Gasteiger partial charge in [-0.1, -0.05) is 35.5 Å². The first-order valence-electron chi connectivity index (χ1n) is 7.92. The Bertz CT molecular complexity index is 980. The average Bonchev–Trinajstić information content (AvgIpc) is 3.12. The third-order valence-electron chi connectivity index (χ3n) is 3.68. The standard InChI is InChI=1S/C18H16ClFN4O2S/c1-10-7-14(15(26-2)8-12(10)19)21-16(25)9-27-18-22-17(23-24-18)11-5-3-4-6-13(11)20/h3-8H,9H2,1-2H3,(H,21,25)(H,22,23,24). The van der Waals surface area contributed by atoms with E-state index in [2.05, 4.69) is 20.5 Å². The lowest BCUT2D eigenvalue weighted by Crippen LogP contribution is -2.15. The van der Waals surface area contributed by atoms with Gasteiger partial charge >= 0.3 is 0 Å². The molecular formula is C18H16ClFN4O2S. The van der Waals surface area contributed by atoms with Gasteiger partial charge in [-0.15, -0.1) is 5.10 Å². The van der Waals surface area contributed by atoms with Gasteiger partial charge < -0.3 is 10.1 Å². The van der Waals surface area contributed by atoms with E-state index in [1.165, 1.54) is 13.2 Å². The largest absolute Gasteiger partial charge is 0.495 e. The second-order valence-electron chi connectivity index (χ2n) is 5.58. The lowest BCUT2D eigenvalue weighted by atomic mass is 10.2. The summed E-state index contributed by atoms with van der Waals surface area (Å²) in [7, 11) is 1.50. The molecule has 1 amide bonds. The van der Waals surface area contributed by atoms with Gasteiger partial charge in [0.2, 0.25) is 11.1 Å². The van der Waals surface area contributed by atoms with Crippen molar-refractivity contribution in [2.24, 2.45) is 0 Å². The fraction of sp³-hybridized carbons (Fsp3) is 0.167. The number of carbonyl (C=O) groups is 1. The number of H-pyrrole nitrogens is 1. The average molecular weight is 407 g/mol. The Hall–Kier alpha value is -2.58. The molecule has 27 heavy (non-hydrogen) atoms. The summed E-state index contributed by atoms with van der Waals surface area (Å²) in [6, 6.07) is 9.65. The van der Waals surface area contributed by atoms with Crippen LogP contribution in [0.3, 0.4) is 0 Å². The van der Waals surface area contributed by atoms with E-state index in [0.717, 1.165) is 17.3 Å². The summed E-state index contributed by atoms with van der Waals surface area (Å²) in [6.07, 6.45) is 0. The number of aromatic amines is 1. The van der Waals surface area contributed by atoms with Crippen LogP contribution in [-0.2, 0) is 4.79 Å². The van der Waals surface area contributed by atoms with Gasteiger partial charge in [0, 0.05) is 11.1 Å². The third-order valence-corrected chi connectivity index (χ3v) is 4.94. The normalized spacial score (nSPS) is 10.7. The number of hydrogen-bond donors (Lipinski definition) is 2. The van der Waals surface area contributed by atoms with Crippen molar-refractivity contribution in [1.82, 2.24) is 15.2 Å². The van der Waals surface area contributed by atoms with E-state index in [9.17, 15) is 9.18 Å². The van der Waals surface area contributed by atoms with Gasteiger partial charge in [0.1, 0.15) is 11.6 Å². The molecule has 6 nitrogen and oxygen atoms in total. The van der Waals surface area contributed by atoms with E-state index in [1.54, 1.807) is 30.3 Å². The van der Waals surface area contributed by atoms with Crippen LogP contribution in [0.15, 0.2) is 41.6 Å². The van der Waals surface area contributed by atoms with Crippen molar-refractivity contribution in [3.63, 3.8) is 0 Å². The molecular weight excluding hydrogens is 391 g/mol. The number of amides is 1. The molecule has 0 aliphatic rings. The molecule has 0 saturated carbocycles. The van der Waals surface area contributed by atoms with Gasteiger partial charge in [0.15, 0.2) is 5.82 Å². The number of aryl methyl sites for hydroxylation is 1. The smallest absolute Gasteiger partial charge is 0.234 e. The monoisotopic (exact) mass is 406 g/mol. The summed E-state index contributed by atoms with van der Waals surface area (Å²) in [5.41, 5.74) is 1.68. The molecule has 0 bridgehead atoms. The van der Waals surface area contributed by atoms with Crippen molar-refractivity contribution < 1.29 is 13.9 Å². The Morgan fingerprint density at radius 2 is 2.15 bits per heavy atom. The molecule has 140 valence electrons. The summed E-state index contributed by atoms with van der Waals surface area (Å²) in [4.78, 5) is 16.4. The summed E-state index contributed by atoms with van der Waals surface area (Å²) >= 11 is 7.20. The second kappa shape index (κ2) is 8.41. The van der Waals surface area contributed by atoms with Gasteiger partial charge in [0.05, 0.1) is 24.1 Å². The molecule has 0 fully saturated rings. The van der Waals surface area contributed by atoms with Crippen molar-refractivity contribution in [3.05, 3.63) is 52.8 Å². The fourth-order valence-corrected chi connectivity index (χ4v) is 3.08. The number of thioether (sulfide) groups is 1. The highest BCUT2D eigenvalue weighted by Crippen LogP contribution is 2.31. The SMILES string of the molecule is COc1cc(Cl)c(C)cc1NC(=O)CSc1n[nH]c(-c2ccccc2F)n1. The van der Waals surface area contributed by atoms with Gasteiger partial charge in [0.25, 0.3) is 0 Å². The maximum absolute atomic E-state index is 13.8. The predicted octanol–water partition coefficient (Wildman–Crippen LogP) is 4.31. The number of ether oxygens (including phenoxy) is 1. The van der Waals surface area contributed by atoms with E-state index in [-0.39, 0.29) is 11.7 Å². The lowest BCUT2D eigenvalue weighted by molar-refractivity contribution is -0.113. The molecule has 0 aliphatic heterocycles. The first kappa shape index (κ1) is 19.2. The summed E-state index contributed by atoms with van der Waals surface area (Å²) in [5, 5.41) is 10.4. The van der Waals surface area contributed by atoms with Crippen molar-refractivity contribution >= 4 is 35.0 Å². The number of anilines is 1. The molecule has 0 radical (unpaired) electrons. The summed E-state index contributed by atoms with van der Waals surface area (Å²) < 4.78 is 19.0. The van der Waals surface area contributed by atoms with Crippen LogP contribution in [0.2, 0.25) is 5.02 Å². The number of aromatic nitrogens is 3. The van der Waals surface area contributed by atoms with E-state index < -0.39 is 5.82 Å². The second-order valence-corrected chi connectivity index (χ2v) is 6.93. The first-order valence-corrected chi connectivity index (χ1v) is 9.28. The van der Waals surface area contributed by atoms with Crippen LogP contribution in [0.4, 0.5) is 10.1 Å². The minimum atomic E-state index is -0.395. The predicted molar refractivity (Wildman–Crippen MR) is 104 cm³/mol. The zero-order chi connectivity index (χ0) is 19.4. The quantitative estimate of drug-likeness (QED) is 0.596. The minimum Gasteiger partial charge on any atom is -0.495 e. The highest BCUT2D eigenvalue weighted by Gasteiger charge is 2.14. The maximum atomic E-state index is 13.8. The fourth-order valence-electron chi connectivity index (χ4n) is 2.33. The number of benzene rings is 2. The van der Waals surface area contributed by atoms with Gasteiger partial charge in [-0.2, -0.15) is 0 Å². The zero-order valence-corrected chi connectivity index (χ0v) is 16.1. The molecule has 1 heterocycles. The van der Waals surface area contributed by atoms with Gasteiger partial charge in [-0.05, 0) is 30.7 Å². The molecule has 0 atom stereocenters. The first-order chi connectivity index (χ1) is 13.0. The molecule has 0 aliphatic carbocycles. The Morgan fingerprint density at radius 1 is 1.37 bits per heavy atom. The number of nitrogens with one attached hydrogen (secondary N) is 2. The number of halogens is 2. The topological polar surface area (TPSA) is 79.9 Å². The summed E-state index contributed by atoms with van der Waals surface area (Å²) in [6.45, 7) is 1.84. The van der Waals surface area contributed by atoms with Gasteiger partial charge in [-0.25, -0.2) is 9.37 Å². The number of rotatable bonds is 6. The number of carbonyl (C=O) groups excluding carboxylic acids is 1. The number of nitrogens with zero attached hydrogens (tertiary/aromatic N) is 2. The highest BCUT2D eigenvalue weighted by molar-refractivity contribution is 7.99. The molecule has 0 unspecified atom stereocenters. The molecule has 1 aromatic heterocycles. The number of methoxy groups -OCH3 is 1. The maximum Gasteiger partial charge on any atom is 0.234 e. The van der Waals surface area contributed by atoms with Crippen LogP contribution in [-0.4, -0.2) is 34.0 Å². The van der Waals surface area contributed by atoms with Crippen molar-refractivity contribution in [3.8, 4) is 17.1 Å². The van der Waals surface area contributed by atoms with E-state index in [4.69, 9.17) is 16.3 Å². The Balaban J connectivity index is 1.64. The van der Waals surface area contributed by atoms with Crippen molar-refractivity contribution in [1.29, 1.82) is 0 Å². The van der Waals surface area contributed by atoms with Crippen molar-refractivity contribution in [2.45, 2.75) is 12.1 Å². The Kier molecular flexibility index (Phi) is 5.98. The molecule has 0 spiro atoms. The molecule has 3 aromatic rings. The molecule has 0 saturated heterocycles. The molecule has 3 rings (SSSR count). The van der Waals surface area contributed by atoms with Crippen LogP contribution in [0.25, 0.3) is 11.4 Å². The van der Waals surface area contributed by atoms with Gasteiger partial charge in [-0.3, -0.25) is 9.89 Å². The Morgan fingerprint density at radius 3 is 2.89 bits per heavy atom. The summed E-state index contributed by atoms with van der Waals surface area (Å²) in [5.74, 6) is 0.222. The van der Waals surface area contributed by atoms with Crippen molar-refractivity contribution in [2.75, 3.05) is 18.2 Å². The van der Waals surface area contributed by atoms with Crippen LogP contribution in [0.1, 0.15) is 5.56 Å². The van der Waals surface area contributed by atoms with Crippen LogP contribution >= 0.6 is 23.4 Å². The lowest BCUT2D eigenvalue weighted by Gasteiger charge is -2.11. The van der Waals surface area contributed by atoms with E-state index >= 15 is 0 Å².